The number of hydrogen-bond donors (Lipinski definition) is 2. The molecule has 0 spiro atoms. The standard InChI is InChI=1S/C13H21N3O5/c1-8(2)4-15-5-9(3-11(15)18)13(21)16(6-10(14)17)7-12(19)20/h8-9H,3-7H2,1-2H3,(H2,14,17)(H,19,20). The lowest BCUT2D eigenvalue weighted by Gasteiger charge is -2.23. The number of carbonyl (C=O) groups excluding carboxylic acids is 3. The van der Waals surface area contributed by atoms with Gasteiger partial charge >= 0.3 is 5.97 Å². The van der Waals surface area contributed by atoms with Crippen molar-refractivity contribution in [2.75, 3.05) is 26.2 Å². The zero-order valence-corrected chi connectivity index (χ0v) is 12.2. The van der Waals surface area contributed by atoms with Crippen molar-refractivity contribution in [3.05, 3.63) is 0 Å². The van der Waals surface area contributed by atoms with Gasteiger partial charge in [0.1, 0.15) is 6.54 Å². The molecule has 118 valence electrons. The maximum atomic E-state index is 12.3. The molecule has 1 heterocycles. The highest BCUT2D eigenvalue weighted by Gasteiger charge is 2.37. The van der Waals surface area contributed by atoms with Crippen LogP contribution in [0.4, 0.5) is 0 Å². The number of carbonyl (C=O) groups is 4. The first-order valence-corrected chi connectivity index (χ1v) is 6.77. The molecular weight excluding hydrogens is 278 g/mol. The van der Waals surface area contributed by atoms with Gasteiger partial charge in [0.05, 0.1) is 12.5 Å². The first kappa shape index (κ1) is 16.9. The van der Waals surface area contributed by atoms with Crippen LogP contribution in [-0.2, 0) is 19.2 Å². The van der Waals surface area contributed by atoms with Gasteiger partial charge in [0.25, 0.3) is 0 Å². The Morgan fingerprint density at radius 1 is 1.38 bits per heavy atom. The van der Waals surface area contributed by atoms with Crippen molar-refractivity contribution in [1.29, 1.82) is 0 Å². The van der Waals surface area contributed by atoms with Crippen LogP contribution in [0.1, 0.15) is 20.3 Å². The Morgan fingerprint density at radius 3 is 2.48 bits per heavy atom. The van der Waals surface area contributed by atoms with E-state index in [1.54, 1.807) is 4.90 Å². The Bertz CT molecular complexity index is 433. The number of amides is 3. The molecule has 0 radical (unpaired) electrons. The average molecular weight is 299 g/mol. The monoisotopic (exact) mass is 299 g/mol. The quantitative estimate of drug-likeness (QED) is 0.617. The van der Waals surface area contributed by atoms with E-state index in [1.807, 2.05) is 13.8 Å². The number of carboxylic acid groups (broad SMARTS) is 1. The second kappa shape index (κ2) is 7.05. The average Bonchev–Trinajstić information content (AvgIpc) is 2.67. The van der Waals surface area contributed by atoms with E-state index < -0.39 is 36.8 Å². The summed E-state index contributed by atoms with van der Waals surface area (Å²) < 4.78 is 0. The lowest BCUT2D eigenvalue weighted by molar-refractivity contribution is -0.147. The SMILES string of the molecule is CC(C)CN1CC(C(=O)N(CC(N)=O)CC(=O)O)CC1=O. The van der Waals surface area contributed by atoms with E-state index in [1.165, 1.54) is 0 Å². The summed E-state index contributed by atoms with van der Waals surface area (Å²) in [5.41, 5.74) is 5.02. The van der Waals surface area contributed by atoms with Crippen LogP contribution >= 0.6 is 0 Å². The first-order chi connectivity index (χ1) is 9.70. The predicted molar refractivity (Wildman–Crippen MR) is 72.9 cm³/mol. The van der Waals surface area contributed by atoms with Gasteiger partial charge in [-0.15, -0.1) is 0 Å². The zero-order valence-electron chi connectivity index (χ0n) is 12.2. The Hall–Kier alpha value is -2.12. The highest BCUT2D eigenvalue weighted by atomic mass is 16.4. The fraction of sp³-hybridized carbons (Fsp3) is 0.692. The van der Waals surface area contributed by atoms with E-state index >= 15 is 0 Å². The molecule has 21 heavy (non-hydrogen) atoms. The van der Waals surface area contributed by atoms with Crippen LogP contribution in [0.2, 0.25) is 0 Å². The minimum absolute atomic E-state index is 0.0421. The smallest absolute Gasteiger partial charge is 0.323 e. The normalized spacial score (nSPS) is 18.1. The summed E-state index contributed by atoms with van der Waals surface area (Å²) in [5.74, 6) is -2.99. The maximum absolute atomic E-state index is 12.3. The van der Waals surface area contributed by atoms with E-state index in [2.05, 4.69) is 0 Å². The molecule has 0 aromatic carbocycles. The number of carboxylic acids is 1. The number of aliphatic carboxylic acids is 1. The molecule has 0 saturated carbocycles. The number of hydrogen-bond acceptors (Lipinski definition) is 4. The molecule has 1 rings (SSSR count). The summed E-state index contributed by atoms with van der Waals surface area (Å²) in [6.45, 7) is 3.68. The van der Waals surface area contributed by atoms with Gasteiger partial charge in [-0.25, -0.2) is 0 Å². The van der Waals surface area contributed by atoms with Crippen LogP contribution in [0.25, 0.3) is 0 Å². The van der Waals surface area contributed by atoms with Gasteiger partial charge in [-0.2, -0.15) is 0 Å². The molecule has 0 aromatic heterocycles. The number of rotatable bonds is 7. The van der Waals surface area contributed by atoms with E-state index in [0.29, 0.717) is 6.54 Å². The zero-order chi connectivity index (χ0) is 16.2. The molecule has 3 amide bonds. The minimum Gasteiger partial charge on any atom is -0.480 e. The summed E-state index contributed by atoms with van der Waals surface area (Å²) in [4.78, 5) is 48.3. The molecule has 3 N–H and O–H groups in total. The number of primary amides is 1. The Balaban J connectivity index is 2.73. The molecule has 1 unspecified atom stereocenters. The molecule has 1 fully saturated rings. The number of nitrogens with two attached hydrogens (primary N) is 1. The molecule has 1 aliphatic rings. The largest absolute Gasteiger partial charge is 0.480 e. The van der Waals surface area contributed by atoms with Crippen LogP contribution in [0.15, 0.2) is 0 Å². The van der Waals surface area contributed by atoms with Crippen molar-refractivity contribution >= 4 is 23.7 Å². The van der Waals surface area contributed by atoms with Gasteiger partial charge in [-0.1, -0.05) is 13.8 Å². The second-order valence-electron chi connectivity index (χ2n) is 5.65. The molecule has 0 aliphatic carbocycles. The maximum Gasteiger partial charge on any atom is 0.323 e. The third kappa shape index (κ3) is 5.05. The fourth-order valence-electron chi connectivity index (χ4n) is 2.38. The van der Waals surface area contributed by atoms with Crippen molar-refractivity contribution < 1.29 is 24.3 Å². The summed E-state index contributed by atoms with van der Waals surface area (Å²) in [7, 11) is 0. The highest BCUT2D eigenvalue weighted by Crippen LogP contribution is 2.21. The lowest BCUT2D eigenvalue weighted by Crippen LogP contribution is -2.45. The van der Waals surface area contributed by atoms with Crippen LogP contribution in [-0.4, -0.2) is 64.8 Å². The van der Waals surface area contributed by atoms with Crippen molar-refractivity contribution in [2.45, 2.75) is 20.3 Å². The Morgan fingerprint density at radius 2 is 2.00 bits per heavy atom. The number of likely N-dealkylation sites (tertiary alicyclic amines) is 1. The van der Waals surface area contributed by atoms with Gasteiger partial charge in [-0.3, -0.25) is 19.2 Å². The summed E-state index contributed by atoms with van der Waals surface area (Å²) >= 11 is 0. The fourth-order valence-corrected chi connectivity index (χ4v) is 2.38. The summed E-state index contributed by atoms with van der Waals surface area (Å²) in [5, 5.41) is 8.79. The van der Waals surface area contributed by atoms with E-state index in [0.717, 1.165) is 4.90 Å². The number of nitrogens with zero attached hydrogens (tertiary/aromatic N) is 2. The van der Waals surface area contributed by atoms with Crippen molar-refractivity contribution in [1.82, 2.24) is 9.80 Å². The molecule has 1 aliphatic heterocycles. The second-order valence-corrected chi connectivity index (χ2v) is 5.65. The van der Waals surface area contributed by atoms with Gasteiger partial charge in [0.2, 0.25) is 17.7 Å². The predicted octanol–water partition coefficient (Wildman–Crippen LogP) is -1.11. The van der Waals surface area contributed by atoms with Gasteiger partial charge in [0, 0.05) is 19.5 Å². The molecule has 1 saturated heterocycles. The van der Waals surface area contributed by atoms with Crippen molar-refractivity contribution in [3.8, 4) is 0 Å². The topological polar surface area (TPSA) is 121 Å². The van der Waals surface area contributed by atoms with Crippen molar-refractivity contribution in [2.24, 2.45) is 17.6 Å². The third-order valence-corrected chi connectivity index (χ3v) is 3.13. The van der Waals surface area contributed by atoms with Gasteiger partial charge in [-0.05, 0) is 5.92 Å². The Kier molecular flexibility index (Phi) is 5.69. The molecular formula is C13H21N3O5. The minimum atomic E-state index is -1.23. The van der Waals surface area contributed by atoms with Gasteiger partial charge in [0.15, 0.2) is 0 Å². The lowest BCUT2D eigenvalue weighted by atomic mass is 10.1. The third-order valence-electron chi connectivity index (χ3n) is 3.13. The molecule has 1 atom stereocenters. The summed E-state index contributed by atoms with van der Waals surface area (Å²) in [6.07, 6.45) is 0.0421. The Labute approximate surface area is 122 Å². The van der Waals surface area contributed by atoms with E-state index in [4.69, 9.17) is 10.8 Å². The van der Waals surface area contributed by atoms with Crippen LogP contribution in [0.3, 0.4) is 0 Å². The van der Waals surface area contributed by atoms with Crippen molar-refractivity contribution in [3.63, 3.8) is 0 Å². The van der Waals surface area contributed by atoms with Gasteiger partial charge < -0.3 is 20.6 Å². The summed E-state index contributed by atoms with van der Waals surface area (Å²) in [6, 6.07) is 0. The van der Waals surface area contributed by atoms with Crippen LogP contribution in [0, 0.1) is 11.8 Å². The molecule has 0 bridgehead atoms. The van der Waals surface area contributed by atoms with Crippen LogP contribution in [0.5, 0.6) is 0 Å². The highest BCUT2D eigenvalue weighted by molar-refractivity contribution is 5.92. The molecule has 8 nitrogen and oxygen atoms in total. The van der Waals surface area contributed by atoms with E-state index in [9.17, 15) is 19.2 Å². The molecule has 0 aromatic rings. The van der Waals surface area contributed by atoms with Crippen LogP contribution < -0.4 is 5.73 Å². The molecule has 8 heteroatoms. The first-order valence-electron chi connectivity index (χ1n) is 6.77. The van der Waals surface area contributed by atoms with E-state index in [-0.39, 0.29) is 24.8 Å².